The van der Waals surface area contributed by atoms with Gasteiger partial charge in [0.15, 0.2) is 0 Å². The lowest BCUT2D eigenvalue weighted by Crippen LogP contribution is -2.54. The van der Waals surface area contributed by atoms with Gasteiger partial charge in [-0.1, -0.05) is 30.3 Å². The molecule has 3 N–H and O–H groups in total. The molecular formula is C13H18ClN3O. The summed E-state index contributed by atoms with van der Waals surface area (Å²) in [6, 6.07) is 9.17. The van der Waals surface area contributed by atoms with E-state index in [1.807, 2.05) is 30.3 Å². The quantitative estimate of drug-likeness (QED) is 0.791. The van der Waals surface area contributed by atoms with Crippen LogP contribution in [-0.4, -0.2) is 43.0 Å². The first-order chi connectivity index (χ1) is 8.70. The summed E-state index contributed by atoms with van der Waals surface area (Å²) in [5.74, 6) is -0.360. The molecule has 18 heavy (non-hydrogen) atoms. The van der Waals surface area contributed by atoms with Crippen molar-refractivity contribution in [3.8, 4) is 0 Å². The van der Waals surface area contributed by atoms with Crippen molar-refractivity contribution >= 4 is 17.5 Å². The summed E-state index contributed by atoms with van der Waals surface area (Å²) >= 11 is 6.44. The highest BCUT2D eigenvalue weighted by molar-refractivity contribution is 6.22. The number of benzene rings is 1. The zero-order chi connectivity index (χ0) is 13.0. The van der Waals surface area contributed by atoms with Crippen LogP contribution in [-0.2, 0) is 4.79 Å². The molecule has 1 aliphatic heterocycles. The maximum absolute atomic E-state index is 11.7. The van der Waals surface area contributed by atoms with Gasteiger partial charge in [0, 0.05) is 26.2 Å². The largest absolute Gasteiger partial charge is 0.368 e. The fraction of sp³-hybridized carbons (Fsp3) is 0.462. The Hall–Kier alpha value is -1.10. The number of nitrogens with two attached hydrogens (primary N) is 1. The van der Waals surface area contributed by atoms with Crippen molar-refractivity contribution in [2.45, 2.75) is 11.4 Å². The second kappa shape index (κ2) is 6.18. The van der Waals surface area contributed by atoms with Crippen molar-refractivity contribution in [3.05, 3.63) is 35.9 Å². The highest BCUT2D eigenvalue weighted by Gasteiger charge is 2.32. The standard InChI is InChI=1S/C13H18ClN3O/c14-11(10-4-2-1-3-5-10)12(13(15)18)17-8-6-16-7-9-17/h1-5,11-12,16H,6-9H2,(H2,15,18). The minimum atomic E-state index is -0.448. The summed E-state index contributed by atoms with van der Waals surface area (Å²) in [5, 5.41) is 2.85. The van der Waals surface area contributed by atoms with E-state index in [1.54, 1.807) is 0 Å². The number of carbonyl (C=O) groups is 1. The lowest BCUT2D eigenvalue weighted by atomic mass is 10.0. The SMILES string of the molecule is NC(=O)C(C(Cl)c1ccccc1)N1CCNCC1. The van der Waals surface area contributed by atoms with Gasteiger partial charge in [0.25, 0.3) is 0 Å². The first kappa shape index (κ1) is 13.3. The molecule has 1 saturated heterocycles. The minimum absolute atomic E-state index is 0.360. The number of hydrogen-bond acceptors (Lipinski definition) is 3. The van der Waals surface area contributed by atoms with Crippen molar-refractivity contribution in [1.82, 2.24) is 10.2 Å². The molecule has 2 unspecified atom stereocenters. The zero-order valence-electron chi connectivity index (χ0n) is 10.2. The van der Waals surface area contributed by atoms with Crippen molar-refractivity contribution in [3.63, 3.8) is 0 Å². The lowest BCUT2D eigenvalue weighted by Gasteiger charge is -2.35. The average Bonchev–Trinajstić information content (AvgIpc) is 2.40. The minimum Gasteiger partial charge on any atom is -0.368 e. The molecule has 0 spiro atoms. The van der Waals surface area contributed by atoms with E-state index in [0.29, 0.717) is 0 Å². The van der Waals surface area contributed by atoms with Gasteiger partial charge in [0.1, 0.15) is 6.04 Å². The number of hydrogen-bond donors (Lipinski definition) is 2. The number of nitrogens with one attached hydrogen (secondary N) is 1. The van der Waals surface area contributed by atoms with E-state index in [1.165, 1.54) is 0 Å². The van der Waals surface area contributed by atoms with E-state index < -0.39 is 11.4 Å². The first-order valence-corrected chi connectivity index (χ1v) is 6.57. The molecule has 1 heterocycles. The number of rotatable bonds is 4. The molecule has 98 valence electrons. The molecule has 1 fully saturated rings. The van der Waals surface area contributed by atoms with E-state index in [-0.39, 0.29) is 5.91 Å². The van der Waals surface area contributed by atoms with Crippen LogP contribution in [0.1, 0.15) is 10.9 Å². The molecule has 5 heteroatoms. The van der Waals surface area contributed by atoms with E-state index in [4.69, 9.17) is 17.3 Å². The summed E-state index contributed by atoms with van der Waals surface area (Å²) in [6.45, 7) is 3.32. The van der Waals surface area contributed by atoms with E-state index in [9.17, 15) is 4.79 Å². The van der Waals surface area contributed by atoms with Crippen molar-refractivity contribution < 1.29 is 4.79 Å². The number of alkyl halides is 1. The third kappa shape index (κ3) is 3.02. The van der Waals surface area contributed by atoms with Crippen LogP contribution in [0.15, 0.2) is 30.3 Å². The van der Waals surface area contributed by atoms with Gasteiger partial charge in [0.2, 0.25) is 5.91 Å². The highest BCUT2D eigenvalue weighted by atomic mass is 35.5. The normalized spacial score (nSPS) is 20.3. The van der Waals surface area contributed by atoms with Gasteiger partial charge in [-0.25, -0.2) is 0 Å². The van der Waals surface area contributed by atoms with Gasteiger partial charge in [0.05, 0.1) is 5.38 Å². The van der Waals surface area contributed by atoms with Crippen LogP contribution in [0.5, 0.6) is 0 Å². The third-order valence-electron chi connectivity index (χ3n) is 3.23. The van der Waals surface area contributed by atoms with E-state index in [0.717, 1.165) is 31.7 Å². The average molecular weight is 268 g/mol. The van der Waals surface area contributed by atoms with Crippen LogP contribution in [0.25, 0.3) is 0 Å². The fourth-order valence-electron chi connectivity index (χ4n) is 2.29. The molecule has 1 aromatic rings. The number of nitrogens with zero attached hydrogens (tertiary/aromatic N) is 1. The predicted octanol–water partition coefficient (Wildman–Crippen LogP) is 0.726. The first-order valence-electron chi connectivity index (χ1n) is 6.13. The van der Waals surface area contributed by atoms with Crippen molar-refractivity contribution in [2.75, 3.05) is 26.2 Å². The van der Waals surface area contributed by atoms with Gasteiger partial charge in [-0.15, -0.1) is 11.6 Å². The smallest absolute Gasteiger partial charge is 0.236 e. The third-order valence-corrected chi connectivity index (χ3v) is 3.72. The Balaban J connectivity index is 2.16. The topological polar surface area (TPSA) is 58.4 Å². The lowest BCUT2D eigenvalue weighted by molar-refractivity contribution is -0.123. The Morgan fingerprint density at radius 1 is 1.28 bits per heavy atom. The van der Waals surface area contributed by atoms with Gasteiger partial charge in [-0.3, -0.25) is 9.69 Å². The van der Waals surface area contributed by atoms with Crippen LogP contribution in [0.3, 0.4) is 0 Å². The molecule has 0 aromatic heterocycles. The number of primary amides is 1. The maximum Gasteiger partial charge on any atom is 0.236 e. The van der Waals surface area contributed by atoms with Crippen molar-refractivity contribution in [2.24, 2.45) is 5.73 Å². The number of carbonyl (C=O) groups excluding carboxylic acids is 1. The number of halogens is 1. The number of piperazine rings is 1. The van der Waals surface area contributed by atoms with Crippen LogP contribution < -0.4 is 11.1 Å². The Morgan fingerprint density at radius 2 is 1.89 bits per heavy atom. The molecule has 2 rings (SSSR count). The van der Waals surface area contributed by atoms with Gasteiger partial charge >= 0.3 is 0 Å². The van der Waals surface area contributed by atoms with Gasteiger partial charge < -0.3 is 11.1 Å². The zero-order valence-corrected chi connectivity index (χ0v) is 10.9. The Labute approximate surface area is 112 Å². The van der Waals surface area contributed by atoms with Crippen LogP contribution in [0.4, 0.5) is 0 Å². The Bertz CT molecular complexity index is 392. The predicted molar refractivity (Wildman–Crippen MR) is 72.5 cm³/mol. The van der Waals surface area contributed by atoms with Gasteiger partial charge in [-0.2, -0.15) is 0 Å². The van der Waals surface area contributed by atoms with Crippen LogP contribution in [0, 0.1) is 0 Å². The summed E-state index contributed by atoms with van der Waals surface area (Å²) < 4.78 is 0. The Kier molecular flexibility index (Phi) is 4.58. The fourth-order valence-corrected chi connectivity index (χ4v) is 2.72. The van der Waals surface area contributed by atoms with Crippen LogP contribution >= 0.6 is 11.6 Å². The molecule has 0 bridgehead atoms. The highest BCUT2D eigenvalue weighted by Crippen LogP contribution is 2.27. The summed E-state index contributed by atoms with van der Waals surface area (Å²) in [5.41, 5.74) is 6.45. The second-order valence-corrected chi connectivity index (χ2v) is 4.92. The monoisotopic (exact) mass is 267 g/mol. The van der Waals surface area contributed by atoms with Crippen molar-refractivity contribution in [1.29, 1.82) is 0 Å². The summed E-state index contributed by atoms with van der Waals surface area (Å²) in [7, 11) is 0. The maximum atomic E-state index is 11.7. The Morgan fingerprint density at radius 3 is 2.44 bits per heavy atom. The number of amides is 1. The molecule has 2 atom stereocenters. The van der Waals surface area contributed by atoms with E-state index >= 15 is 0 Å². The molecule has 0 radical (unpaired) electrons. The molecule has 0 aliphatic carbocycles. The van der Waals surface area contributed by atoms with Crippen LogP contribution in [0.2, 0.25) is 0 Å². The molecule has 4 nitrogen and oxygen atoms in total. The molecule has 1 amide bonds. The summed E-state index contributed by atoms with van der Waals surface area (Å²) in [4.78, 5) is 13.7. The summed E-state index contributed by atoms with van der Waals surface area (Å²) in [6.07, 6.45) is 0. The second-order valence-electron chi connectivity index (χ2n) is 4.45. The van der Waals surface area contributed by atoms with Gasteiger partial charge in [-0.05, 0) is 5.56 Å². The van der Waals surface area contributed by atoms with E-state index in [2.05, 4.69) is 10.2 Å². The molecular weight excluding hydrogens is 250 g/mol. The molecule has 1 aliphatic rings. The molecule has 0 saturated carbocycles. The molecule has 1 aromatic carbocycles.